The molecule has 1 aliphatic heterocycles. The van der Waals surface area contributed by atoms with Crippen LogP contribution in [0.4, 0.5) is 0 Å². The molecule has 8 heteroatoms. The van der Waals surface area contributed by atoms with Crippen molar-refractivity contribution in [3.05, 3.63) is 32.6 Å². The van der Waals surface area contributed by atoms with Crippen LogP contribution in [0.15, 0.2) is 15.8 Å². The van der Waals surface area contributed by atoms with Crippen molar-refractivity contribution in [2.75, 3.05) is 13.7 Å². The quantitative estimate of drug-likeness (QED) is 0.785. The second-order valence-corrected chi connectivity index (χ2v) is 5.23. The number of aromatic amines is 1. The number of carbonyl (C=O) groups excluding carboxylic acids is 1. The van der Waals surface area contributed by atoms with E-state index in [0.29, 0.717) is 5.56 Å². The predicted octanol–water partition coefficient (Wildman–Crippen LogP) is -0.0675. The first-order valence-electron chi connectivity index (χ1n) is 6.69. The predicted molar refractivity (Wildman–Crippen MR) is 73.6 cm³/mol. The summed E-state index contributed by atoms with van der Waals surface area (Å²) < 4.78 is 6.33. The summed E-state index contributed by atoms with van der Waals surface area (Å²) in [5, 5.41) is 1.39. The van der Waals surface area contributed by atoms with Gasteiger partial charge in [0.15, 0.2) is 6.23 Å². The molecule has 0 aliphatic carbocycles. The molecule has 2 unspecified atom stereocenters. The molecule has 8 nitrogen and oxygen atoms in total. The van der Waals surface area contributed by atoms with Crippen LogP contribution in [0.5, 0.6) is 0 Å². The lowest BCUT2D eigenvalue weighted by atomic mass is 9.98. The topological polar surface area (TPSA) is 93.6 Å². The van der Waals surface area contributed by atoms with Crippen LogP contribution in [0.2, 0.25) is 0 Å². The fourth-order valence-corrected chi connectivity index (χ4v) is 2.25. The molecule has 0 aromatic carbocycles. The fraction of sp³-hybridized carbons (Fsp3) is 0.615. The number of rotatable bonds is 3. The number of hydrogen-bond acceptors (Lipinski definition) is 6. The van der Waals surface area contributed by atoms with Crippen LogP contribution in [0, 0.1) is 6.92 Å². The summed E-state index contributed by atoms with van der Waals surface area (Å²) in [6.45, 7) is 5.28. The van der Waals surface area contributed by atoms with Gasteiger partial charge >= 0.3 is 11.7 Å². The third kappa shape index (κ3) is 2.64. The van der Waals surface area contributed by atoms with Gasteiger partial charge in [-0.1, -0.05) is 0 Å². The van der Waals surface area contributed by atoms with E-state index in [1.54, 1.807) is 27.8 Å². The van der Waals surface area contributed by atoms with Gasteiger partial charge in [0.25, 0.3) is 5.56 Å². The Morgan fingerprint density at radius 3 is 2.86 bits per heavy atom. The van der Waals surface area contributed by atoms with Gasteiger partial charge in [-0.15, -0.1) is 0 Å². The number of ether oxygens (including phenoxy) is 1. The minimum Gasteiger partial charge on any atom is -0.465 e. The van der Waals surface area contributed by atoms with Gasteiger partial charge in [-0.25, -0.2) is 9.59 Å². The zero-order valence-corrected chi connectivity index (χ0v) is 12.5. The molecular formula is C13H19N3O5. The zero-order valence-electron chi connectivity index (χ0n) is 12.5. The van der Waals surface area contributed by atoms with E-state index in [-0.39, 0.29) is 13.0 Å². The molecular weight excluding hydrogens is 278 g/mol. The molecule has 0 radical (unpaired) electrons. The Hall–Kier alpha value is -1.93. The third-order valence-corrected chi connectivity index (χ3v) is 3.72. The highest BCUT2D eigenvalue weighted by Crippen LogP contribution is 2.36. The van der Waals surface area contributed by atoms with E-state index in [2.05, 4.69) is 4.98 Å². The van der Waals surface area contributed by atoms with Gasteiger partial charge < -0.3 is 4.74 Å². The van der Waals surface area contributed by atoms with Crippen molar-refractivity contribution < 1.29 is 14.4 Å². The van der Waals surface area contributed by atoms with E-state index in [1.165, 1.54) is 15.8 Å². The Labute approximate surface area is 121 Å². The number of aromatic nitrogens is 2. The molecule has 1 aromatic rings. The first kappa shape index (κ1) is 15.5. The van der Waals surface area contributed by atoms with Gasteiger partial charge in [-0.2, -0.15) is 5.06 Å². The number of aryl methyl sites for hydroxylation is 1. The van der Waals surface area contributed by atoms with Gasteiger partial charge in [0.2, 0.25) is 0 Å². The number of H-pyrrole nitrogens is 1. The van der Waals surface area contributed by atoms with Gasteiger partial charge in [0, 0.05) is 25.2 Å². The number of hydrogen-bond donors (Lipinski definition) is 1. The van der Waals surface area contributed by atoms with Crippen LogP contribution in [0.3, 0.4) is 0 Å². The van der Waals surface area contributed by atoms with Crippen LogP contribution >= 0.6 is 0 Å². The largest absolute Gasteiger partial charge is 0.465 e. The summed E-state index contributed by atoms with van der Waals surface area (Å²) in [5.41, 5.74) is -1.59. The van der Waals surface area contributed by atoms with Crippen LogP contribution in [0.25, 0.3) is 0 Å². The average Bonchev–Trinajstić information content (AvgIpc) is 2.71. The van der Waals surface area contributed by atoms with Crippen molar-refractivity contribution in [1.82, 2.24) is 14.6 Å². The smallest absolute Gasteiger partial charge is 0.330 e. The molecule has 0 amide bonds. The van der Waals surface area contributed by atoms with E-state index in [1.807, 2.05) is 0 Å². The number of esters is 1. The highest BCUT2D eigenvalue weighted by Gasteiger charge is 2.49. The average molecular weight is 297 g/mol. The lowest BCUT2D eigenvalue weighted by Gasteiger charge is -2.26. The standard InChI is InChI=1S/C13H19N3O5/c1-5-20-11(18)13(3)6-9(21-15(13)4)16-7-8(2)10(17)14-12(16)19/h7,9H,5-6H2,1-4H3,(H,14,17,19). The lowest BCUT2D eigenvalue weighted by Crippen LogP contribution is -2.46. The maximum atomic E-state index is 12.1. The summed E-state index contributed by atoms with van der Waals surface area (Å²) in [5.74, 6) is -0.413. The van der Waals surface area contributed by atoms with Gasteiger partial charge in [0.1, 0.15) is 5.54 Å². The molecule has 0 spiro atoms. The maximum absolute atomic E-state index is 12.1. The molecule has 1 aromatic heterocycles. The lowest BCUT2D eigenvalue weighted by molar-refractivity contribution is -0.199. The Balaban J connectivity index is 2.33. The van der Waals surface area contributed by atoms with Crippen LogP contribution in [-0.4, -0.2) is 39.8 Å². The molecule has 21 heavy (non-hydrogen) atoms. The van der Waals surface area contributed by atoms with Crippen molar-refractivity contribution in [3.8, 4) is 0 Å². The van der Waals surface area contributed by atoms with Crippen LogP contribution in [0.1, 0.15) is 32.1 Å². The Morgan fingerprint density at radius 2 is 2.24 bits per heavy atom. The second-order valence-electron chi connectivity index (χ2n) is 5.23. The van der Waals surface area contributed by atoms with Gasteiger partial charge in [-0.05, 0) is 20.8 Å². The highest BCUT2D eigenvalue weighted by atomic mass is 16.7. The van der Waals surface area contributed by atoms with Crippen molar-refractivity contribution in [2.45, 2.75) is 39.0 Å². The molecule has 2 rings (SSSR count). The maximum Gasteiger partial charge on any atom is 0.330 e. The van der Waals surface area contributed by atoms with E-state index in [9.17, 15) is 14.4 Å². The first-order chi connectivity index (χ1) is 9.79. The summed E-state index contributed by atoms with van der Waals surface area (Å²) in [6.07, 6.45) is 0.997. The zero-order chi connectivity index (χ0) is 15.8. The minimum atomic E-state index is -0.982. The molecule has 1 aliphatic rings. The summed E-state index contributed by atoms with van der Waals surface area (Å²) >= 11 is 0. The molecule has 0 bridgehead atoms. The molecule has 0 saturated carbocycles. The highest BCUT2D eigenvalue weighted by molar-refractivity contribution is 5.80. The fourth-order valence-electron chi connectivity index (χ4n) is 2.25. The first-order valence-corrected chi connectivity index (χ1v) is 6.69. The SMILES string of the molecule is CCOC(=O)C1(C)CC(n2cc(C)c(=O)[nH]c2=O)ON1C. The van der Waals surface area contributed by atoms with Crippen LogP contribution < -0.4 is 11.2 Å². The monoisotopic (exact) mass is 297 g/mol. The third-order valence-electron chi connectivity index (χ3n) is 3.72. The molecule has 2 heterocycles. The van der Waals surface area contributed by atoms with Crippen molar-refractivity contribution in [2.24, 2.45) is 0 Å². The normalized spacial score (nSPS) is 26.0. The Bertz CT molecular complexity index is 665. The minimum absolute atomic E-state index is 0.244. The van der Waals surface area contributed by atoms with Gasteiger partial charge in [0.05, 0.1) is 6.61 Å². The van der Waals surface area contributed by atoms with Crippen LogP contribution in [-0.2, 0) is 14.4 Å². The summed E-state index contributed by atoms with van der Waals surface area (Å²) in [4.78, 5) is 43.2. The van der Waals surface area contributed by atoms with E-state index < -0.39 is 29.0 Å². The Kier molecular flexibility index (Phi) is 4.02. The molecule has 1 saturated heterocycles. The number of nitrogens with zero attached hydrogens (tertiary/aromatic N) is 2. The van der Waals surface area contributed by atoms with Crippen molar-refractivity contribution >= 4 is 5.97 Å². The molecule has 116 valence electrons. The van der Waals surface area contributed by atoms with Crippen molar-refractivity contribution in [1.29, 1.82) is 0 Å². The molecule has 1 N–H and O–H groups in total. The summed E-state index contributed by atoms with van der Waals surface area (Å²) in [7, 11) is 1.61. The second kappa shape index (κ2) is 5.45. The number of nitrogens with one attached hydrogen (secondary N) is 1. The number of hydroxylamine groups is 2. The van der Waals surface area contributed by atoms with E-state index >= 15 is 0 Å². The van der Waals surface area contributed by atoms with Crippen molar-refractivity contribution in [3.63, 3.8) is 0 Å². The molecule has 2 atom stereocenters. The number of carbonyl (C=O) groups is 1. The van der Waals surface area contributed by atoms with Gasteiger partial charge in [-0.3, -0.25) is 19.2 Å². The number of likely N-dealkylation sites (N-methyl/N-ethyl adjacent to an activating group) is 1. The molecule has 1 fully saturated rings. The Morgan fingerprint density at radius 1 is 1.57 bits per heavy atom. The summed E-state index contributed by atoms with van der Waals surface area (Å²) in [6, 6.07) is 0. The van der Waals surface area contributed by atoms with E-state index in [0.717, 1.165) is 0 Å². The van der Waals surface area contributed by atoms with E-state index in [4.69, 9.17) is 9.57 Å².